The lowest BCUT2D eigenvalue weighted by Crippen LogP contribution is -2.58. The highest BCUT2D eigenvalue weighted by Crippen LogP contribution is 2.27. The SMILES string of the molecule is Cc1cc(C)c(CN2CCN(C3CCN(C(C)C)CC3)[C@H](CCO)C2)c(-n2cccn2)c1. The topological polar surface area (TPSA) is 47.8 Å². The number of aliphatic hydroxyl groups excluding tert-OH is 1. The van der Waals surface area contributed by atoms with Crippen LogP contribution in [-0.4, -0.2) is 87.0 Å². The van der Waals surface area contributed by atoms with Gasteiger partial charge in [0.25, 0.3) is 0 Å². The number of benzene rings is 1. The number of likely N-dealkylation sites (tertiary alicyclic amines) is 1. The van der Waals surface area contributed by atoms with E-state index < -0.39 is 0 Å². The van der Waals surface area contributed by atoms with Gasteiger partial charge in [-0.15, -0.1) is 0 Å². The molecule has 0 unspecified atom stereocenters. The number of aryl methyl sites for hydroxylation is 2. The average Bonchev–Trinajstić information content (AvgIpc) is 3.31. The summed E-state index contributed by atoms with van der Waals surface area (Å²) in [6, 6.07) is 8.25. The number of rotatable bonds is 7. The van der Waals surface area contributed by atoms with Crippen molar-refractivity contribution in [2.45, 2.75) is 71.6 Å². The number of aromatic nitrogens is 2. The molecular weight excluding hydrogens is 398 g/mol. The molecule has 2 aliphatic rings. The summed E-state index contributed by atoms with van der Waals surface area (Å²) in [6.45, 7) is 15.8. The van der Waals surface area contributed by atoms with Crippen molar-refractivity contribution in [3.63, 3.8) is 0 Å². The normalized spacial score (nSPS) is 22.1. The maximum Gasteiger partial charge on any atom is 0.0695 e. The first-order chi connectivity index (χ1) is 15.5. The number of aliphatic hydroxyl groups is 1. The maximum atomic E-state index is 9.80. The van der Waals surface area contributed by atoms with Gasteiger partial charge in [0.1, 0.15) is 0 Å². The molecule has 3 heterocycles. The van der Waals surface area contributed by atoms with Crippen LogP contribution in [0.3, 0.4) is 0 Å². The molecule has 0 aliphatic carbocycles. The molecule has 0 saturated carbocycles. The summed E-state index contributed by atoms with van der Waals surface area (Å²) in [6.07, 6.45) is 7.25. The van der Waals surface area contributed by atoms with Crippen molar-refractivity contribution in [2.75, 3.05) is 39.3 Å². The fourth-order valence-corrected chi connectivity index (χ4v) is 5.72. The summed E-state index contributed by atoms with van der Waals surface area (Å²) in [5.41, 5.74) is 5.15. The third-order valence-corrected chi connectivity index (χ3v) is 7.50. The standard InChI is InChI=1S/C26H41N5O/c1-20(2)29-11-6-23(7-12-29)30-14-13-28(18-24(30)8-15-32)19-25-22(4)16-21(3)17-26(25)31-10-5-9-27-31/h5,9-10,16-17,20,23-24,32H,6-8,11-15,18-19H2,1-4H3/t24-/m1/s1. The van der Waals surface area contributed by atoms with E-state index in [1.54, 1.807) is 0 Å². The minimum atomic E-state index is 0.266. The highest BCUT2D eigenvalue weighted by Gasteiger charge is 2.34. The summed E-state index contributed by atoms with van der Waals surface area (Å²) >= 11 is 0. The zero-order valence-corrected chi connectivity index (χ0v) is 20.4. The van der Waals surface area contributed by atoms with Gasteiger partial charge in [-0.2, -0.15) is 5.10 Å². The molecule has 0 amide bonds. The molecular formula is C26H41N5O. The van der Waals surface area contributed by atoms with E-state index in [1.807, 2.05) is 23.1 Å². The monoisotopic (exact) mass is 439 g/mol. The van der Waals surface area contributed by atoms with Gasteiger partial charge in [-0.25, -0.2) is 4.68 Å². The summed E-state index contributed by atoms with van der Waals surface area (Å²) in [5.74, 6) is 0. The van der Waals surface area contributed by atoms with E-state index in [2.05, 4.69) is 59.6 Å². The Hall–Kier alpha value is -1.73. The van der Waals surface area contributed by atoms with Crippen molar-refractivity contribution in [1.82, 2.24) is 24.5 Å². The van der Waals surface area contributed by atoms with Crippen LogP contribution in [0.15, 0.2) is 30.6 Å². The number of nitrogens with zero attached hydrogens (tertiary/aromatic N) is 5. The molecule has 0 bridgehead atoms. The quantitative estimate of drug-likeness (QED) is 0.718. The molecule has 32 heavy (non-hydrogen) atoms. The van der Waals surface area contributed by atoms with Crippen molar-refractivity contribution in [2.24, 2.45) is 0 Å². The van der Waals surface area contributed by atoms with E-state index in [1.165, 1.54) is 48.3 Å². The van der Waals surface area contributed by atoms with Crippen LogP contribution in [-0.2, 0) is 6.54 Å². The van der Waals surface area contributed by atoms with Gasteiger partial charge in [0, 0.05) is 63.3 Å². The zero-order valence-electron chi connectivity index (χ0n) is 20.4. The van der Waals surface area contributed by atoms with Gasteiger partial charge >= 0.3 is 0 Å². The summed E-state index contributed by atoms with van der Waals surface area (Å²) in [7, 11) is 0. The summed E-state index contributed by atoms with van der Waals surface area (Å²) in [4.78, 5) is 7.91. The van der Waals surface area contributed by atoms with Gasteiger partial charge in [-0.3, -0.25) is 9.80 Å². The second-order valence-electron chi connectivity index (χ2n) is 10.0. The van der Waals surface area contributed by atoms with Crippen LogP contribution in [0.25, 0.3) is 5.69 Å². The Morgan fingerprint density at radius 1 is 1.09 bits per heavy atom. The van der Waals surface area contributed by atoms with E-state index in [0.717, 1.165) is 32.6 Å². The largest absolute Gasteiger partial charge is 0.396 e. The summed E-state index contributed by atoms with van der Waals surface area (Å²) in [5, 5.41) is 14.3. The minimum Gasteiger partial charge on any atom is -0.396 e. The molecule has 2 aromatic rings. The van der Waals surface area contributed by atoms with Crippen LogP contribution < -0.4 is 0 Å². The van der Waals surface area contributed by atoms with Crippen LogP contribution in [0, 0.1) is 13.8 Å². The second-order valence-corrected chi connectivity index (χ2v) is 10.0. The molecule has 2 saturated heterocycles. The molecule has 6 nitrogen and oxygen atoms in total. The van der Waals surface area contributed by atoms with Crippen molar-refractivity contribution in [1.29, 1.82) is 0 Å². The Morgan fingerprint density at radius 3 is 2.53 bits per heavy atom. The van der Waals surface area contributed by atoms with Gasteiger partial charge in [0.2, 0.25) is 0 Å². The van der Waals surface area contributed by atoms with Gasteiger partial charge in [0.15, 0.2) is 0 Å². The third kappa shape index (κ3) is 5.25. The molecule has 1 aromatic carbocycles. The molecule has 1 aromatic heterocycles. The van der Waals surface area contributed by atoms with E-state index in [0.29, 0.717) is 18.1 Å². The lowest BCUT2D eigenvalue weighted by molar-refractivity contribution is -0.0000871. The summed E-state index contributed by atoms with van der Waals surface area (Å²) < 4.78 is 2.00. The molecule has 0 spiro atoms. The maximum absolute atomic E-state index is 9.80. The molecule has 1 atom stereocenters. The minimum absolute atomic E-state index is 0.266. The van der Waals surface area contributed by atoms with Crippen molar-refractivity contribution < 1.29 is 5.11 Å². The number of hydrogen-bond acceptors (Lipinski definition) is 5. The first-order valence-corrected chi connectivity index (χ1v) is 12.4. The van der Waals surface area contributed by atoms with Crippen molar-refractivity contribution in [3.05, 3.63) is 47.3 Å². The first kappa shape index (κ1) is 23.4. The van der Waals surface area contributed by atoms with Gasteiger partial charge in [0.05, 0.1) is 5.69 Å². The Labute approximate surface area is 193 Å². The lowest BCUT2D eigenvalue weighted by atomic mass is 9.96. The molecule has 6 heteroatoms. The highest BCUT2D eigenvalue weighted by atomic mass is 16.3. The van der Waals surface area contributed by atoms with Gasteiger partial charge < -0.3 is 10.0 Å². The molecule has 0 radical (unpaired) electrons. The lowest BCUT2D eigenvalue weighted by Gasteiger charge is -2.48. The fraction of sp³-hybridized carbons (Fsp3) is 0.654. The second kappa shape index (κ2) is 10.5. The Kier molecular flexibility index (Phi) is 7.66. The Balaban J connectivity index is 1.46. The van der Waals surface area contributed by atoms with Crippen LogP contribution in [0.2, 0.25) is 0 Å². The van der Waals surface area contributed by atoms with E-state index in [9.17, 15) is 5.11 Å². The van der Waals surface area contributed by atoms with Crippen LogP contribution >= 0.6 is 0 Å². The highest BCUT2D eigenvalue weighted by molar-refractivity contribution is 5.48. The Morgan fingerprint density at radius 2 is 1.88 bits per heavy atom. The fourth-order valence-electron chi connectivity index (χ4n) is 5.72. The molecule has 1 N–H and O–H groups in total. The van der Waals surface area contributed by atoms with Crippen LogP contribution in [0.5, 0.6) is 0 Å². The van der Waals surface area contributed by atoms with E-state index in [4.69, 9.17) is 0 Å². The predicted octanol–water partition coefficient (Wildman–Crippen LogP) is 3.23. The average molecular weight is 440 g/mol. The first-order valence-electron chi connectivity index (χ1n) is 12.4. The van der Waals surface area contributed by atoms with Gasteiger partial charge in [-0.1, -0.05) is 6.07 Å². The third-order valence-electron chi connectivity index (χ3n) is 7.50. The van der Waals surface area contributed by atoms with E-state index in [-0.39, 0.29) is 6.61 Å². The molecule has 176 valence electrons. The number of hydrogen-bond donors (Lipinski definition) is 1. The molecule has 4 rings (SSSR count). The van der Waals surface area contributed by atoms with Gasteiger partial charge in [-0.05, 0) is 88.9 Å². The zero-order chi connectivity index (χ0) is 22.7. The Bertz CT molecular complexity index is 857. The van der Waals surface area contributed by atoms with Crippen molar-refractivity contribution in [3.8, 4) is 5.69 Å². The molecule has 2 fully saturated rings. The number of piperazine rings is 1. The van der Waals surface area contributed by atoms with Crippen LogP contribution in [0.4, 0.5) is 0 Å². The van der Waals surface area contributed by atoms with E-state index >= 15 is 0 Å². The van der Waals surface area contributed by atoms with Crippen LogP contribution in [0.1, 0.15) is 49.8 Å². The van der Waals surface area contributed by atoms with Crippen molar-refractivity contribution >= 4 is 0 Å². The molecule has 2 aliphatic heterocycles. The number of piperidine rings is 1. The smallest absolute Gasteiger partial charge is 0.0695 e. The predicted molar refractivity (Wildman–Crippen MR) is 130 cm³/mol.